The highest BCUT2D eigenvalue weighted by Crippen LogP contribution is 2.17. The maximum atomic E-state index is 12.3. The monoisotopic (exact) mass is 363 g/mol. The SMILES string of the molecule is CC(C)Oc1ccc(NC(=O)c2cnc(NCc3ccncc3)cn2)cc1. The zero-order chi connectivity index (χ0) is 19.1. The Morgan fingerprint density at radius 1 is 1.04 bits per heavy atom. The van der Waals surface area contributed by atoms with Gasteiger partial charge in [-0.05, 0) is 55.8 Å². The number of hydrogen-bond donors (Lipinski definition) is 2. The minimum absolute atomic E-state index is 0.103. The number of carbonyl (C=O) groups excluding carboxylic acids is 1. The highest BCUT2D eigenvalue weighted by atomic mass is 16.5. The van der Waals surface area contributed by atoms with Gasteiger partial charge in [-0.3, -0.25) is 9.78 Å². The van der Waals surface area contributed by atoms with Crippen molar-refractivity contribution in [3.05, 3.63) is 72.4 Å². The summed E-state index contributed by atoms with van der Waals surface area (Å²) in [6.45, 7) is 4.53. The van der Waals surface area contributed by atoms with Crippen molar-refractivity contribution in [1.29, 1.82) is 0 Å². The minimum atomic E-state index is -0.319. The fourth-order valence-electron chi connectivity index (χ4n) is 2.31. The molecule has 27 heavy (non-hydrogen) atoms. The average Bonchev–Trinajstić information content (AvgIpc) is 2.69. The van der Waals surface area contributed by atoms with Gasteiger partial charge in [0.2, 0.25) is 0 Å². The number of nitrogens with one attached hydrogen (secondary N) is 2. The molecular weight excluding hydrogens is 342 g/mol. The number of aromatic nitrogens is 3. The third-order valence-electron chi connectivity index (χ3n) is 3.59. The highest BCUT2D eigenvalue weighted by molar-refractivity contribution is 6.02. The molecule has 0 aliphatic carbocycles. The topological polar surface area (TPSA) is 89.0 Å². The minimum Gasteiger partial charge on any atom is -0.491 e. The molecule has 7 nitrogen and oxygen atoms in total. The predicted molar refractivity (Wildman–Crippen MR) is 104 cm³/mol. The van der Waals surface area contributed by atoms with Crippen LogP contribution < -0.4 is 15.4 Å². The maximum absolute atomic E-state index is 12.3. The molecule has 7 heteroatoms. The molecule has 0 fully saturated rings. The molecule has 0 saturated heterocycles. The molecule has 0 aliphatic rings. The van der Waals surface area contributed by atoms with E-state index in [2.05, 4.69) is 25.6 Å². The number of anilines is 2. The van der Waals surface area contributed by atoms with Gasteiger partial charge in [0.05, 0.1) is 18.5 Å². The summed E-state index contributed by atoms with van der Waals surface area (Å²) < 4.78 is 5.58. The summed E-state index contributed by atoms with van der Waals surface area (Å²) >= 11 is 0. The quantitative estimate of drug-likeness (QED) is 0.668. The predicted octanol–water partition coefficient (Wildman–Crippen LogP) is 3.52. The summed E-state index contributed by atoms with van der Waals surface area (Å²) in [5, 5.41) is 5.94. The van der Waals surface area contributed by atoms with Gasteiger partial charge in [0, 0.05) is 24.6 Å². The number of carbonyl (C=O) groups is 1. The van der Waals surface area contributed by atoms with Crippen molar-refractivity contribution < 1.29 is 9.53 Å². The van der Waals surface area contributed by atoms with Gasteiger partial charge >= 0.3 is 0 Å². The van der Waals surface area contributed by atoms with Gasteiger partial charge in [-0.2, -0.15) is 0 Å². The van der Waals surface area contributed by atoms with Crippen LogP contribution in [0, 0.1) is 0 Å². The molecule has 2 aromatic heterocycles. The average molecular weight is 363 g/mol. The molecule has 3 rings (SSSR count). The summed E-state index contributed by atoms with van der Waals surface area (Å²) in [5.41, 5.74) is 1.99. The van der Waals surface area contributed by atoms with Crippen LogP contribution in [0.4, 0.5) is 11.5 Å². The number of benzene rings is 1. The molecular formula is C20H21N5O2. The Kier molecular flexibility index (Phi) is 5.94. The van der Waals surface area contributed by atoms with Gasteiger partial charge in [0.15, 0.2) is 0 Å². The zero-order valence-corrected chi connectivity index (χ0v) is 15.2. The first-order valence-electron chi connectivity index (χ1n) is 8.63. The van der Waals surface area contributed by atoms with Crippen molar-refractivity contribution in [3.63, 3.8) is 0 Å². The van der Waals surface area contributed by atoms with Crippen LogP contribution in [0.2, 0.25) is 0 Å². The number of ether oxygens (including phenoxy) is 1. The van der Waals surface area contributed by atoms with E-state index >= 15 is 0 Å². The Hall–Kier alpha value is -3.48. The molecule has 3 aromatic rings. The maximum Gasteiger partial charge on any atom is 0.275 e. The summed E-state index contributed by atoms with van der Waals surface area (Å²) in [7, 11) is 0. The fraction of sp³-hybridized carbons (Fsp3) is 0.200. The van der Waals surface area contributed by atoms with Crippen molar-refractivity contribution in [3.8, 4) is 5.75 Å². The number of rotatable bonds is 7. The lowest BCUT2D eigenvalue weighted by molar-refractivity contribution is 0.102. The Labute approximate surface area is 157 Å². The van der Waals surface area contributed by atoms with Crippen LogP contribution in [-0.4, -0.2) is 27.0 Å². The van der Waals surface area contributed by atoms with Crippen LogP contribution in [0.5, 0.6) is 5.75 Å². The van der Waals surface area contributed by atoms with Crippen LogP contribution in [0.25, 0.3) is 0 Å². The summed E-state index contributed by atoms with van der Waals surface area (Å²) in [5.74, 6) is 1.03. The van der Waals surface area contributed by atoms with Gasteiger partial charge < -0.3 is 15.4 Å². The van der Waals surface area contributed by atoms with E-state index in [9.17, 15) is 4.79 Å². The van der Waals surface area contributed by atoms with E-state index in [0.29, 0.717) is 18.1 Å². The summed E-state index contributed by atoms with van der Waals surface area (Å²) in [4.78, 5) is 24.7. The second-order valence-electron chi connectivity index (χ2n) is 6.14. The molecule has 0 radical (unpaired) electrons. The zero-order valence-electron chi connectivity index (χ0n) is 15.2. The third kappa shape index (κ3) is 5.50. The van der Waals surface area contributed by atoms with Crippen molar-refractivity contribution in [2.75, 3.05) is 10.6 Å². The second-order valence-corrected chi connectivity index (χ2v) is 6.14. The smallest absolute Gasteiger partial charge is 0.275 e. The van der Waals surface area contributed by atoms with Crippen molar-refractivity contribution >= 4 is 17.4 Å². The third-order valence-corrected chi connectivity index (χ3v) is 3.59. The molecule has 2 N–H and O–H groups in total. The highest BCUT2D eigenvalue weighted by Gasteiger charge is 2.09. The van der Waals surface area contributed by atoms with Gasteiger partial charge in [-0.25, -0.2) is 9.97 Å². The number of hydrogen-bond acceptors (Lipinski definition) is 6. The summed E-state index contributed by atoms with van der Waals surface area (Å²) in [6, 6.07) is 11.0. The molecule has 0 saturated carbocycles. The standard InChI is InChI=1S/C20H21N5O2/c1-14(2)27-17-5-3-16(4-6-17)25-20(26)18-12-24-19(13-22-18)23-11-15-7-9-21-10-8-15/h3-10,12-14H,11H2,1-2H3,(H,23,24)(H,25,26). The molecule has 0 aliphatic heterocycles. The first-order chi connectivity index (χ1) is 13.1. The number of pyridine rings is 1. The molecule has 1 amide bonds. The molecule has 0 atom stereocenters. The van der Waals surface area contributed by atoms with Crippen molar-refractivity contribution in [2.45, 2.75) is 26.5 Å². The Bertz CT molecular complexity index is 865. The molecule has 138 valence electrons. The van der Waals surface area contributed by atoms with Crippen molar-refractivity contribution in [2.24, 2.45) is 0 Å². The van der Waals surface area contributed by atoms with E-state index in [1.807, 2.05) is 38.1 Å². The lowest BCUT2D eigenvalue weighted by Crippen LogP contribution is -2.14. The van der Waals surface area contributed by atoms with E-state index in [-0.39, 0.29) is 17.7 Å². The Morgan fingerprint density at radius 2 is 1.78 bits per heavy atom. The second kappa shape index (κ2) is 8.75. The lowest BCUT2D eigenvalue weighted by atomic mass is 10.3. The van der Waals surface area contributed by atoms with E-state index in [1.54, 1.807) is 24.5 Å². The molecule has 0 unspecified atom stereocenters. The molecule has 0 spiro atoms. The number of amides is 1. The van der Waals surface area contributed by atoms with E-state index < -0.39 is 0 Å². The first kappa shape index (κ1) is 18.3. The normalized spacial score (nSPS) is 10.5. The summed E-state index contributed by atoms with van der Waals surface area (Å²) in [6.07, 6.45) is 6.55. The van der Waals surface area contributed by atoms with Gasteiger partial charge in [-0.1, -0.05) is 0 Å². The lowest BCUT2D eigenvalue weighted by Gasteiger charge is -2.10. The first-order valence-corrected chi connectivity index (χ1v) is 8.63. The Balaban J connectivity index is 1.55. The fourth-order valence-corrected chi connectivity index (χ4v) is 2.31. The largest absolute Gasteiger partial charge is 0.491 e. The molecule has 0 bridgehead atoms. The van der Waals surface area contributed by atoms with E-state index in [4.69, 9.17) is 4.74 Å². The van der Waals surface area contributed by atoms with Crippen LogP contribution in [0.1, 0.15) is 29.9 Å². The van der Waals surface area contributed by atoms with E-state index in [1.165, 1.54) is 12.4 Å². The molecule has 2 heterocycles. The van der Waals surface area contributed by atoms with Crippen LogP contribution in [-0.2, 0) is 6.54 Å². The van der Waals surface area contributed by atoms with Gasteiger partial charge in [0.25, 0.3) is 5.91 Å². The van der Waals surface area contributed by atoms with Gasteiger partial charge in [-0.15, -0.1) is 0 Å². The van der Waals surface area contributed by atoms with Crippen LogP contribution >= 0.6 is 0 Å². The van der Waals surface area contributed by atoms with Crippen LogP contribution in [0.3, 0.4) is 0 Å². The van der Waals surface area contributed by atoms with Crippen LogP contribution in [0.15, 0.2) is 61.2 Å². The van der Waals surface area contributed by atoms with Crippen molar-refractivity contribution in [1.82, 2.24) is 15.0 Å². The molecule has 1 aromatic carbocycles. The number of nitrogens with zero attached hydrogens (tertiary/aromatic N) is 3. The van der Waals surface area contributed by atoms with Gasteiger partial charge in [0.1, 0.15) is 17.3 Å². The Morgan fingerprint density at radius 3 is 2.41 bits per heavy atom. The van der Waals surface area contributed by atoms with E-state index in [0.717, 1.165) is 11.3 Å².